The predicted molar refractivity (Wildman–Crippen MR) is 76.8 cm³/mol. The third-order valence-electron chi connectivity index (χ3n) is 2.54. The van der Waals surface area contributed by atoms with Gasteiger partial charge >= 0.3 is 12.1 Å². The predicted octanol–water partition coefficient (Wildman–Crippen LogP) is 3.58. The Morgan fingerprint density at radius 3 is 2.57 bits per heavy atom. The maximum atomic E-state index is 13.3. The summed E-state index contributed by atoms with van der Waals surface area (Å²) in [4.78, 5) is 22.2. The molecule has 6 heteroatoms. The van der Waals surface area contributed by atoms with Gasteiger partial charge in [-0.05, 0) is 57.4 Å². The Hall–Kier alpha value is -2.11. The molecule has 21 heavy (non-hydrogen) atoms. The lowest BCUT2D eigenvalue weighted by Crippen LogP contribution is -2.27. The lowest BCUT2D eigenvalue weighted by Gasteiger charge is -2.20. The number of ether oxygens (including phenoxy) is 1. The highest BCUT2D eigenvalue weighted by Gasteiger charge is 2.17. The highest BCUT2D eigenvalue weighted by Crippen LogP contribution is 2.20. The van der Waals surface area contributed by atoms with Crippen molar-refractivity contribution in [3.8, 4) is 0 Å². The average Bonchev–Trinajstić information content (AvgIpc) is 2.29. The smallest absolute Gasteiger partial charge is 0.412 e. The number of carbonyl (C=O) groups excluding carboxylic acids is 1. The molecule has 0 atom stereocenters. The first-order chi connectivity index (χ1) is 9.67. The summed E-state index contributed by atoms with van der Waals surface area (Å²) in [7, 11) is 0. The monoisotopic (exact) mass is 297 g/mol. The van der Waals surface area contributed by atoms with Gasteiger partial charge < -0.3 is 9.84 Å². The number of hydrogen-bond acceptors (Lipinski definition) is 3. The van der Waals surface area contributed by atoms with Gasteiger partial charge in [-0.1, -0.05) is 0 Å². The van der Waals surface area contributed by atoms with Gasteiger partial charge in [0.25, 0.3) is 0 Å². The van der Waals surface area contributed by atoms with Gasteiger partial charge in [0.05, 0.1) is 0 Å². The summed E-state index contributed by atoms with van der Waals surface area (Å²) >= 11 is 0. The number of nitrogens with one attached hydrogen (secondary N) is 1. The summed E-state index contributed by atoms with van der Waals surface area (Å²) in [5.41, 5.74) is 0.339. The van der Waals surface area contributed by atoms with Crippen LogP contribution < -0.4 is 5.32 Å². The second kappa shape index (κ2) is 7.06. The van der Waals surface area contributed by atoms with E-state index < -0.39 is 23.5 Å². The van der Waals surface area contributed by atoms with Crippen molar-refractivity contribution in [2.45, 2.75) is 45.6 Å². The molecule has 0 saturated carbocycles. The number of amides is 1. The van der Waals surface area contributed by atoms with Gasteiger partial charge in [0, 0.05) is 12.1 Å². The molecule has 0 saturated heterocycles. The molecule has 0 fully saturated rings. The Morgan fingerprint density at radius 1 is 1.33 bits per heavy atom. The minimum atomic E-state index is -0.909. The number of hydrogen-bond donors (Lipinski definition) is 2. The van der Waals surface area contributed by atoms with Crippen molar-refractivity contribution in [1.29, 1.82) is 0 Å². The quantitative estimate of drug-likeness (QED) is 0.871. The molecule has 0 bridgehead atoms. The van der Waals surface area contributed by atoms with Gasteiger partial charge in [0.15, 0.2) is 0 Å². The fourth-order valence-corrected chi connectivity index (χ4v) is 1.73. The van der Waals surface area contributed by atoms with Crippen molar-refractivity contribution >= 4 is 17.7 Å². The third-order valence-corrected chi connectivity index (χ3v) is 2.54. The van der Waals surface area contributed by atoms with Crippen molar-refractivity contribution in [3.63, 3.8) is 0 Å². The summed E-state index contributed by atoms with van der Waals surface area (Å²) < 4.78 is 18.4. The number of halogens is 1. The molecule has 0 aliphatic heterocycles. The SMILES string of the molecule is CC(C)(C)OC(=O)Nc1ccc(F)cc1CCCC(=O)O. The van der Waals surface area contributed by atoms with E-state index in [0.717, 1.165) is 0 Å². The molecule has 1 aromatic carbocycles. The van der Waals surface area contributed by atoms with Gasteiger partial charge in [-0.3, -0.25) is 10.1 Å². The standard InChI is InChI=1S/C15H20FNO4/c1-15(2,3)21-14(20)17-12-8-7-11(16)9-10(12)5-4-6-13(18)19/h7-9H,4-6H2,1-3H3,(H,17,20)(H,18,19). The largest absolute Gasteiger partial charge is 0.481 e. The number of carboxylic acid groups (broad SMARTS) is 1. The normalized spacial score (nSPS) is 11.0. The van der Waals surface area contributed by atoms with E-state index >= 15 is 0 Å². The van der Waals surface area contributed by atoms with Crippen molar-refractivity contribution in [1.82, 2.24) is 0 Å². The first-order valence-electron chi connectivity index (χ1n) is 6.67. The summed E-state index contributed by atoms with van der Waals surface area (Å²) in [5.74, 6) is -1.34. The van der Waals surface area contributed by atoms with Crippen molar-refractivity contribution < 1.29 is 23.8 Å². The Morgan fingerprint density at radius 2 is 2.00 bits per heavy atom. The molecule has 2 N–H and O–H groups in total. The van der Waals surface area contributed by atoms with Gasteiger partial charge in [-0.15, -0.1) is 0 Å². The highest BCUT2D eigenvalue weighted by molar-refractivity contribution is 5.86. The molecule has 116 valence electrons. The second-order valence-corrected chi connectivity index (χ2v) is 5.68. The van der Waals surface area contributed by atoms with Crippen LogP contribution in [0.4, 0.5) is 14.9 Å². The number of aryl methyl sites for hydroxylation is 1. The topological polar surface area (TPSA) is 75.6 Å². The van der Waals surface area contributed by atoms with Crippen LogP contribution in [0.15, 0.2) is 18.2 Å². The first kappa shape index (κ1) is 16.9. The van der Waals surface area contributed by atoms with Gasteiger partial charge in [-0.25, -0.2) is 9.18 Å². The van der Waals surface area contributed by atoms with Crippen LogP contribution in [-0.4, -0.2) is 22.8 Å². The Kier molecular flexibility index (Phi) is 5.69. The fourth-order valence-electron chi connectivity index (χ4n) is 1.73. The summed E-state index contributed by atoms with van der Waals surface area (Å²) in [6, 6.07) is 3.96. The van der Waals surface area contributed by atoms with Crippen LogP contribution in [0.25, 0.3) is 0 Å². The number of carboxylic acids is 1. The maximum Gasteiger partial charge on any atom is 0.412 e. The molecule has 0 aromatic heterocycles. The molecule has 0 radical (unpaired) electrons. The average molecular weight is 297 g/mol. The van der Waals surface area contributed by atoms with Crippen LogP contribution in [0.3, 0.4) is 0 Å². The third kappa shape index (κ3) is 6.74. The van der Waals surface area contributed by atoms with Crippen LogP contribution in [0.2, 0.25) is 0 Å². The van der Waals surface area contributed by atoms with Gasteiger partial charge in [-0.2, -0.15) is 0 Å². The zero-order chi connectivity index (χ0) is 16.0. The van der Waals surface area contributed by atoms with E-state index in [-0.39, 0.29) is 6.42 Å². The van der Waals surface area contributed by atoms with Crippen LogP contribution in [-0.2, 0) is 16.0 Å². The minimum absolute atomic E-state index is 0.0115. The number of carbonyl (C=O) groups is 2. The van der Waals surface area contributed by atoms with E-state index in [1.807, 2.05) is 0 Å². The van der Waals surface area contributed by atoms with E-state index in [9.17, 15) is 14.0 Å². The fraction of sp³-hybridized carbons (Fsp3) is 0.467. The number of anilines is 1. The van der Waals surface area contributed by atoms with Crippen molar-refractivity contribution in [2.24, 2.45) is 0 Å². The highest BCUT2D eigenvalue weighted by atomic mass is 19.1. The second-order valence-electron chi connectivity index (χ2n) is 5.68. The lowest BCUT2D eigenvalue weighted by molar-refractivity contribution is -0.137. The van der Waals surface area contributed by atoms with E-state index in [4.69, 9.17) is 9.84 Å². The molecule has 5 nitrogen and oxygen atoms in total. The van der Waals surface area contributed by atoms with Crippen molar-refractivity contribution in [3.05, 3.63) is 29.6 Å². The minimum Gasteiger partial charge on any atom is -0.481 e. The lowest BCUT2D eigenvalue weighted by atomic mass is 10.1. The molecule has 0 aliphatic rings. The Balaban J connectivity index is 2.76. The summed E-state index contributed by atoms with van der Waals surface area (Å²) in [6.45, 7) is 5.22. The molecule has 0 aliphatic carbocycles. The molecule has 0 spiro atoms. The van der Waals surface area contributed by atoms with E-state index in [1.165, 1.54) is 18.2 Å². The molecular weight excluding hydrogens is 277 g/mol. The molecule has 1 amide bonds. The number of rotatable bonds is 5. The van der Waals surface area contributed by atoms with E-state index in [2.05, 4.69) is 5.32 Å². The van der Waals surface area contributed by atoms with Gasteiger partial charge in [0.1, 0.15) is 11.4 Å². The Labute approximate surface area is 123 Å². The van der Waals surface area contributed by atoms with Crippen LogP contribution >= 0.6 is 0 Å². The number of aliphatic carboxylic acids is 1. The van der Waals surface area contributed by atoms with E-state index in [0.29, 0.717) is 24.1 Å². The molecular formula is C15H20FNO4. The molecule has 0 heterocycles. The van der Waals surface area contributed by atoms with Crippen LogP contribution in [0.5, 0.6) is 0 Å². The molecule has 1 aromatic rings. The zero-order valence-corrected chi connectivity index (χ0v) is 12.4. The summed E-state index contributed by atoms with van der Waals surface area (Å²) in [5, 5.41) is 11.2. The molecule has 1 rings (SSSR count). The van der Waals surface area contributed by atoms with Crippen molar-refractivity contribution in [2.75, 3.05) is 5.32 Å². The van der Waals surface area contributed by atoms with Crippen LogP contribution in [0.1, 0.15) is 39.2 Å². The zero-order valence-electron chi connectivity index (χ0n) is 12.4. The van der Waals surface area contributed by atoms with E-state index in [1.54, 1.807) is 20.8 Å². The van der Waals surface area contributed by atoms with Crippen LogP contribution in [0, 0.1) is 5.82 Å². The first-order valence-corrected chi connectivity index (χ1v) is 6.67. The summed E-state index contributed by atoms with van der Waals surface area (Å²) in [6.07, 6.45) is 0.0768. The number of benzene rings is 1. The Bertz CT molecular complexity index is 523. The van der Waals surface area contributed by atoms with Gasteiger partial charge in [0.2, 0.25) is 0 Å². The maximum absolute atomic E-state index is 13.3. The molecule has 0 unspecified atom stereocenters.